The molecule has 0 spiro atoms. The van der Waals surface area contributed by atoms with Gasteiger partial charge in [-0.15, -0.1) is 0 Å². The average Bonchev–Trinajstić information content (AvgIpc) is 3.34. The van der Waals surface area contributed by atoms with E-state index in [1.807, 2.05) is 24.3 Å². The summed E-state index contributed by atoms with van der Waals surface area (Å²) in [4.78, 5) is 18.8. The molecule has 2 aliphatic rings. The first-order chi connectivity index (χ1) is 15.4. The van der Waals surface area contributed by atoms with Gasteiger partial charge in [-0.05, 0) is 24.1 Å². The van der Waals surface area contributed by atoms with Gasteiger partial charge in [0.15, 0.2) is 0 Å². The Morgan fingerprint density at radius 1 is 1.03 bits per heavy atom. The highest BCUT2D eigenvalue weighted by Gasteiger charge is 2.31. The first-order valence-electron chi connectivity index (χ1n) is 10.5. The van der Waals surface area contributed by atoms with Crippen molar-refractivity contribution < 1.29 is 13.2 Å². The predicted octanol–water partition coefficient (Wildman–Crippen LogP) is 2.81. The zero-order valence-electron chi connectivity index (χ0n) is 17.4. The molecule has 0 unspecified atom stereocenters. The summed E-state index contributed by atoms with van der Waals surface area (Å²) in [5.41, 5.74) is 2.13. The SMILES string of the molecule is O=C(CCc1ccc(C2=NCCN2)cc1)N1CCN(S(=O)(=O)c2cccc(Cl)c2Cl)CC1. The van der Waals surface area contributed by atoms with Gasteiger partial charge in [-0.2, -0.15) is 4.31 Å². The molecule has 2 heterocycles. The van der Waals surface area contributed by atoms with Gasteiger partial charge < -0.3 is 10.2 Å². The highest BCUT2D eigenvalue weighted by Crippen LogP contribution is 2.31. The molecule has 10 heteroatoms. The number of benzene rings is 2. The molecule has 170 valence electrons. The van der Waals surface area contributed by atoms with Crippen LogP contribution in [0.3, 0.4) is 0 Å². The number of carbonyl (C=O) groups excluding carboxylic acids is 1. The van der Waals surface area contributed by atoms with Gasteiger partial charge in [0.25, 0.3) is 0 Å². The maximum Gasteiger partial charge on any atom is 0.244 e. The van der Waals surface area contributed by atoms with Crippen molar-refractivity contribution in [3.8, 4) is 0 Å². The summed E-state index contributed by atoms with van der Waals surface area (Å²) in [5.74, 6) is 0.938. The zero-order chi connectivity index (χ0) is 22.7. The monoisotopic (exact) mass is 494 g/mol. The molecular weight excluding hydrogens is 471 g/mol. The van der Waals surface area contributed by atoms with Crippen LogP contribution in [0.4, 0.5) is 0 Å². The Hall–Kier alpha value is -2.13. The topological polar surface area (TPSA) is 82.1 Å². The number of halogens is 2. The number of hydrogen-bond acceptors (Lipinski definition) is 5. The van der Waals surface area contributed by atoms with Gasteiger partial charge in [0, 0.05) is 44.7 Å². The summed E-state index contributed by atoms with van der Waals surface area (Å²) in [7, 11) is -3.77. The number of nitrogens with zero attached hydrogens (tertiary/aromatic N) is 3. The van der Waals surface area contributed by atoms with E-state index in [9.17, 15) is 13.2 Å². The van der Waals surface area contributed by atoms with Gasteiger partial charge in [-0.3, -0.25) is 9.79 Å². The molecule has 1 N–H and O–H groups in total. The summed E-state index contributed by atoms with van der Waals surface area (Å²) in [6, 6.07) is 12.6. The number of amides is 1. The van der Waals surface area contributed by atoms with Crippen LogP contribution >= 0.6 is 23.2 Å². The van der Waals surface area contributed by atoms with Gasteiger partial charge in [-0.1, -0.05) is 53.5 Å². The molecule has 0 radical (unpaired) electrons. The largest absolute Gasteiger partial charge is 0.368 e. The second-order valence-corrected chi connectivity index (χ2v) is 10.4. The van der Waals surface area contributed by atoms with Crippen molar-refractivity contribution in [2.24, 2.45) is 4.99 Å². The summed E-state index contributed by atoms with van der Waals surface area (Å²) in [6.07, 6.45) is 1.01. The number of nitrogens with one attached hydrogen (secondary N) is 1. The maximum absolute atomic E-state index is 12.9. The average molecular weight is 495 g/mol. The minimum absolute atomic E-state index is 0.00587. The molecule has 1 fully saturated rings. The van der Waals surface area contributed by atoms with Crippen molar-refractivity contribution in [1.82, 2.24) is 14.5 Å². The number of piperazine rings is 1. The Labute approximate surface area is 198 Å². The lowest BCUT2D eigenvalue weighted by Gasteiger charge is -2.34. The molecule has 0 aliphatic carbocycles. The summed E-state index contributed by atoms with van der Waals surface area (Å²) >= 11 is 12.1. The third-order valence-corrected chi connectivity index (χ3v) is 8.53. The molecule has 7 nitrogen and oxygen atoms in total. The minimum atomic E-state index is -3.77. The van der Waals surface area contributed by atoms with E-state index < -0.39 is 10.0 Å². The summed E-state index contributed by atoms with van der Waals surface area (Å²) in [6.45, 7) is 2.81. The van der Waals surface area contributed by atoms with Crippen LogP contribution in [0.25, 0.3) is 0 Å². The molecule has 0 atom stereocenters. The van der Waals surface area contributed by atoms with Gasteiger partial charge in [0.2, 0.25) is 15.9 Å². The van der Waals surface area contributed by atoms with E-state index in [2.05, 4.69) is 10.3 Å². The maximum atomic E-state index is 12.9. The zero-order valence-corrected chi connectivity index (χ0v) is 19.8. The van der Waals surface area contributed by atoms with E-state index in [1.54, 1.807) is 17.0 Å². The van der Waals surface area contributed by atoms with Crippen molar-refractivity contribution in [3.63, 3.8) is 0 Å². The molecular formula is C22H24Cl2N4O3S. The van der Waals surface area contributed by atoms with E-state index in [0.717, 1.165) is 30.1 Å². The van der Waals surface area contributed by atoms with E-state index in [4.69, 9.17) is 23.2 Å². The lowest BCUT2D eigenvalue weighted by atomic mass is 10.1. The van der Waals surface area contributed by atoms with Crippen molar-refractivity contribution in [2.75, 3.05) is 39.3 Å². The fourth-order valence-corrected chi connectivity index (χ4v) is 5.99. The fraction of sp³-hybridized carbons (Fsp3) is 0.364. The number of rotatable bonds is 6. The van der Waals surface area contributed by atoms with Crippen LogP contribution in [0.1, 0.15) is 17.5 Å². The van der Waals surface area contributed by atoms with Gasteiger partial charge >= 0.3 is 0 Å². The van der Waals surface area contributed by atoms with Crippen LogP contribution in [0.15, 0.2) is 52.4 Å². The third-order valence-electron chi connectivity index (χ3n) is 5.65. The standard InChI is InChI=1S/C22H24Cl2N4O3S/c23-18-2-1-3-19(21(18)24)32(30,31)28-14-12-27(13-15-28)20(29)9-6-16-4-7-17(8-5-16)22-25-10-11-26-22/h1-5,7-8H,6,9-15H2,(H,25,26). The van der Waals surface area contributed by atoms with Gasteiger partial charge in [0.05, 0.1) is 16.6 Å². The molecule has 1 saturated heterocycles. The van der Waals surface area contributed by atoms with Crippen LogP contribution in [0.2, 0.25) is 10.0 Å². The summed E-state index contributed by atoms with van der Waals surface area (Å²) < 4.78 is 27.2. The number of sulfonamides is 1. The molecule has 2 aliphatic heterocycles. The first kappa shape index (κ1) is 23.0. The van der Waals surface area contributed by atoms with Crippen molar-refractivity contribution in [1.29, 1.82) is 0 Å². The highest BCUT2D eigenvalue weighted by molar-refractivity contribution is 7.89. The normalized spacial score (nSPS) is 17.2. The molecule has 4 rings (SSSR count). The van der Waals surface area contributed by atoms with E-state index in [1.165, 1.54) is 10.4 Å². The molecule has 1 amide bonds. The van der Waals surface area contributed by atoms with Crippen LogP contribution in [-0.4, -0.2) is 68.6 Å². The smallest absolute Gasteiger partial charge is 0.244 e. The number of aliphatic imine (C=N–C) groups is 1. The Balaban J connectivity index is 1.30. The second kappa shape index (κ2) is 9.79. The Morgan fingerprint density at radius 3 is 2.41 bits per heavy atom. The quantitative estimate of drug-likeness (QED) is 0.669. The number of carbonyl (C=O) groups is 1. The lowest BCUT2D eigenvalue weighted by molar-refractivity contribution is -0.132. The molecule has 32 heavy (non-hydrogen) atoms. The van der Waals surface area contributed by atoms with Crippen LogP contribution < -0.4 is 5.32 Å². The fourth-order valence-electron chi connectivity index (χ4n) is 3.83. The molecule has 0 bridgehead atoms. The van der Waals surface area contributed by atoms with Crippen LogP contribution in [-0.2, 0) is 21.2 Å². The predicted molar refractivity (Wildman–Crippen MR) is 126 cm³/mol. The molecule has 2 aromatic rings. The number of hydrogen-bond donors (Lipinski definition) is 1. The Morgan fingerprint density at radius 2 is 1.75 bits per heavy atom. The first-order valence-corrected chi connectivity index (χ1v) is 12.7. The molecule has 0 aromatic heterocycles. The molecule has 2 aromatic carbocycles. The van der Waals surface area contributed by atoms with E-state index >= 15 is 0 Å². The van der Waals surface area contributed by atoms with Crippen molar-refractivity contribution >= 4 is 45.0 Å². The van der Waals surface area contributed by atoms with Crippen LogP contribution in [0, 0.1) is 0 Å². The Bertz CT molecular complexity index is 1130. The Kier molecular flexibility index (Phi) is 7.05. The highest BCUT2D eigenvalue weighted by atomic mass is 35.5. The van der Waals surface area contributed by atoms with Crippen molar-refractivity contribution in [2.45, 2.75) is 17.7 Å². The van der Waals surface area contributed by atoms with Gasteiger partial charge in [0.1, 0.15) is 10.7 Å². The minimum Gasteiger partial charge on any atom is -0.368 e. The number of aryl methyl sites for hydroxylation is 1. The van der Waals surface area contributed by atoms with Crippen LogP contribution in [0.5, 0.6) is 0 Å². The van der Waals surface area contributed by atoms with Crippen molar-refractivity contribution in [3.05, 3.63) is 63.6 Å². The van der Waals surface area contributed by atoms with E-state index in [-0.39, 0.29) is 33.9 Å². The summed E-state index contributed by atoms with van der Waals surface area (Å²) in [5, 5.41) is 3.46. The lowest BCUT2D eigenvalue weighted by Crippen LogP contribution is -2.50. The third kappa shape index (κ3) is 4.93. The van der Waals surface area contributed by atoms with E-state index in [0.29, 0.717) is 25.9 Å². The second-order valence-electron chi connectivity index (χ2n) is 7.69. The molecule has 0 saturated carbocycles. The van der Waals surface area contributed by atoms with Gasteiger partial charge in [-0.25, -0.2) is 8.42 Å². The number of amidine groups is 1.